The normalized spacial score (nSPS) is 8.36. The first-order valence-corrected chi connectivity index (χ1v) is 3.89. The van der Waals surface area contributed by atoms with Crippen molar-refractivity contribution in [3.8, 4) is 0 Å². The van der Waals surface area contributed by atoms with Crippen molar-refractivity contribution in [3.05, 3.63) is 37.5 Å². The van der Waals surface area contributed by atoms with Gasteiger partial charge in [0.2, 0.25) is 0 Å². The van der Waals surface area contributed by atoms with Gasteiger partial charge in [-0.2, -0.15) is 0 Å². The van der Waals surface area contributed by atoms with E-state index in [0.29, 0.717) is 0 Å². The van der Waals surface area contributed by atoms with Gasteiger partial charge in [0.25, 0.3) is 0 Å². The highest BCUT2D eigenvalue weighted by molar-refractivity contribution is 5.90. The highest BCUT2D eigenvalue weighted by Gasteiger charge is 1.94. The fraction of sp³-hybridized carbons (Fsp3) is 0.200. The zero-order valence-electron chi connectivity index (χ0n) is 8.10. The molecule has 0 amide bonds. The fourth-order valence-corrected chi connectivity index (χ4v) is 0.330. The average molecular weight is 198 g/mol. The maximum atomic E-state index is 10.4. The van der Waals surface area contributed by atoms with Crippen LogP contribution in [0.15, 0.2) is 37.5 Å². The Morgan fingerprint density at radius 3 is 2.07 bits per heavy atom. The molecule has 0 unspecified atom stereocenters. The molecule has 0 radical (unpaired) electrons. The Kier molecular flexibility index (Phi) is 11.7. The molecule has 0 aliphatic heterocycles. The van der Waals surface area contributed by atoms with Crippen molar-refractivity contribution >= 4 is 11.9 Å². The number of rotatable bonds is 4. The highest BCUT2D eigenvalue weighted by atomic mass is 16.5. The van der Waals surface area contributed by atoms with E-state index in [0.717, 1.165) is 12.2 Å². The number of hydrogen-bond donors (Lipinski definition) is 1. The fourth-order valence-electron chi connectivity index (χ4n) is 0.330. The van der Waals surface area contributed by atoms with Crippen LogP contribution < -0.4 is 0 Å². The number of carbonyl (C=O) groups excluding carboxylic acids is 1. The standard InChI is InChI=1S/C6H8O4.C4H6/c1-2-10-6(9)4-3-5(7)8;1-3-4-2/h3-4H,2H2,1H3,(H,7,8);3-4H,1-2H2. The lowest BCUT2D eigenvalue weighted by Gasteiger charge is -1.92. The van der Waals surface area contributed by atoms with Crippen LogP contribution in [0, 0.1) is 0 Å². The van der Waals surface area contributed by atoms with Gasteiger partial charge in [0.15, 0.2) is 0 Å². The molecule has 0 aromatic rings. The minimum absolute atomic E-state index is 0.253. The van der Waals surface area contributed by atoms with E-state index in [4.69, 9.17) is 5.11 Å². The molecule has 0 bridgehead atoms. The van der Waals surface area contributed by atoms with E-state index in [1.54, 1.807) is 19.1 Å². The number of hydrogen-bond acceptors (Lipinski definition) is 3. The third-order valence-electron chi connectivity index (χ3n) is 0.815. The largest absolute Gasteiger partial charge is 0.478 e. The van der Waals surface area contributed by atoms with Crippen LogP contribution >= 0.6 is 0 Å². The zero-order valence-corrected chi connectivity index (χ0v) is 8.10. The van der Waals surface area contributed by atoms with Crippen LogP contribution in [-0.4, -0.2) is 23.7 Å². The predicted octanol–water partition coefficient (Wildman–Crippen LogP) is 1.55. The van der Waals surface area contributed by atoms with Crippen molar-refractivity contribution in [2.24, 2.45) is 0 Å². The van der Waals surface area contributed by atoms with E-state index in [9.17, 15) is 9.59 Å². The van der Waals surface area contributed by atoms with E-state index < -0.39 is 11.9 Å². The summed E-state index contributed by atoms with van der Waals surface area (Å²) in [5.41, 5.74) is 0. The molecule has 0 aliphatic rings. The van der Waals surface area contributed by atoms with Gasteiger partial charge in [-0.1, -0.05) is 25.3 Å². The molecule has 14 heavy (non-hydrogen) atoms. The van der Waals surface area contributed by atoms with Crippen LogP contribution in [-0.2, 0) is 14.3 Å². The van der Waals surface area contributed by atoms with Gasteiger partial charge < -0.3 is 9.84 Å². The van der Waals surface area contributed by atoms with Crippen molar-refractivity contribution in [3.63, 3.8) is 0 Å². The van der Waals surface area contributed by atoms with Gasteiger partial charge in [-0.15, -0.1) is 0 Å². The van der Waals surface area contributed by atoms with Crippen LogP contribution in [0.4, 0.5) is 0 Å². The van der Waals surface area contributed by atoms with Crippen LogP contribution in [0.5, 0.6) is 0 Å². The molecule has 4 nitrogen and oxygen atoms in total. The Bertz CT molecular complexity index is 222. The molecule has 0 heterocycles. The predicted molar refractivity (Wildman–Crippen MR) is 53.8 cm³/mol. The number of carboxylic acids is 1. The number of aliphatic carboxylic acids is 1. The molecular weight excluding hydrogens is 184 g/mol. The second kappa shape index (κ2) is 11.2. The monoisotopic (exact) mass is 198 g/mol. The molecule has 78 valence electrons. The van der Waals surface area contributed by atoms with Crippen LogP contribution in [0.3, 0.4) is 0 Å². The van der Waals surface area contributed by atoms with Crippen LogP contribution in [0.2, 0.25) is 0 Å². The Hall–Kier alpha value is -1.84. The van der Waals surface area contributed by atoms with Gasteiger partial charge >= 0.3 is 11.9 Å². The molecule has 0 rings (SSSR count). The van der Waals surface area contributed by atoms with Gasteiger partial charge in [-0.3, -0.25) is 0 Å². The van der Waals surface area contributed by atoms with Crippen molar-refractivity contribution in [2.45, 2.75) is 6.92 Å². The van der Waals surface area contributed by atoms with E-state index in [-0.39, 0.29) is 6.61 Å². The summed E-state index contributed by atoms with van der Waals surface area (Å²) in [5, 5.41) is 8.04. The molecule has 0 aromatic carbocycles. The summed E-state index contributed by atoms with van der Waals surface area (Å²) < 4.78 is 4.40. The second-order valence-corrected chi connectivity index (χ2v) is 1.90. The molecule has 0 aromatic heterocycles. The molecule has 1 N–H and O–H groups in total. The molecule has 4 heteroatoms. The third-order valence-corrected chi connectivity index (χ3v) is 0.815. The number of ether oxygens (including phenoxy) is 1. The second-order valence-electron chi connectivity index (χ2n) is 1.90. The molecule has 0 fully saturated rings. The van der Waals surface area contributed by atoms with Crippen LogP contribution in [0.1, 0.15) is 6.92 Å². The maximum Gasteiger partial charge on any atom is 0.330 e. The van der Waals surface area contributed by atoms with Gasteiger partial charge in [-0.05, 0) is 6.92 Å². The van der Waals surface area contributed by atoms with Crippen LogP contribution in [0.25, 0.3) is 0 Å². The minimum atomic E-state index is -1.16. The first-order chi connectivity index (χ1) is 6.58. The van der Waals surface area contributed by atoms with Gasteiger partial charge in [0.1, 0.15) is 0 Å². The van der Waals surface area contributed by atoms with E-state index in [1.807, 2.05) is 0 Å². The first-order valence-electron chi connectivity index (χ1n) is 3.89. The Morgan fingerprint density at radius 1 is 1.29 bits per heavy atom. The van der Waals surface area contributed by atoms with Gasteiger partial charge in [-0.25, -0.2) is 9.59 Å². The summed E-state index contributed by atoms with van der Waals surface area (Å²) >= 11 is 0. The summed E-state index contributed by atoms with van der Waals surface area (Å²) in [6.07, 6.45) is 4.88. The first kappa shape index (κ1) is 14.7. The summed E-state index contributed by atoms with van der Waals surface area (Å²) in [6.45, 7) is 8.62. The Morgan fingerprint density at radius 2 is 1.79 bits per heavy atom. The SMILES string of the molecule is C=CC=C.CCOC(=O)C=CC(=O)O. The lowest BCUT2D eigenvalue weighted by atomic mass is 10.5. The number of carboxylic acid groups (broad SMARTS) is 1. The Labute approximate surface area is 83.2 Å². The summed E-state index contributed by atoms with van der Waals surface area (Å²) in [5.74, 6) is -1.79. The van der Waals surface area contributed by atoms with Gasteiger partial charge in [0.05, 0.1) is 6.61 Å². The third kappa shape index (κ3) is 16.6. The molecule has 0 saturated heterocycles. The van der Waals surface area contributed by atoms with Crippen molar-refractivity contribution in [1.29, 1.82) is 0 Å². The summed E-state index contributed by atoms with van der Waals surface area (Å²) in [7, 11) is 0. The zero-order chi connectivity index (χ0) is 11.4. The minimum Gasteiger partial charge on any atom is -0.478 e. The summed E-state index contributed by atoms with van der Waals surface area (Å²) in [6, 6.07) is 0. The molecule has 0 saturated carbocycles. The van der Waals surface area contributed by atoms with Gasteiger partial charge in [0, 0.05) is 12.2 Å². The lowest BCUT2D eigenvalue weighted by molar-refractivity contribution is -0.138. The number of carbonyl (C=O) groups is 2. The average Bonchev–Trinajstić information content (AvgIpc) is 2.16. The lowest BCUT2D eigenvalue weighted by Crippen LogP contribution is -2.00. The molecule has 0 atom stereocenters. The quantitative estimate of drug-likeness (QED) is 0.423. The van der Waals surface area contributed by atoms with E-state index in [1.165, 1.54) is 0 Å². The number of esters is 1. The number of allylic oxidation sites excluding steroid dienone is 2. The van der Waals surface area contributed by atoms with Crippen molar-refractivity contribution in [2.75, 3.05) is 6.61 Å². The molecule has 0 aliphatic carbocycles. The topological polar surface area (TPSA) is 63.6 Å². The van der Waals surface area contributed by atoms with E-state index in [2.05, 4.69) is 17.9 Å². The summed E-state index contributed by atoms with van der Waals surface area (Å²) in [4.78, 5) is 20.2. The maximum absolute atomic E-state index is 10.4. The molecule has 0 spiro atoms. The highest BCUT2D eigenvalue weighted by Crippen LogP contribution is 1.80. The molecular formula is C10H14O4. The van der Waals surface area contributed by atoms with E-state index >= 15 is 0 Å². The Balaban J connectivity index is 0. The van der Waals surface area contributed by atoms with Crippen molar-refractivity contribution in [1.82, 2.24) is 0 Å². The van der Waals surface area contributed by atoms with Crippen molar-refractivity contribution < 1.29 is 19.4 Å². The smallest absolute Gasteiger partial charge is 0.330 e.